The van der Waals surface area contributed by atoms with Gasteiger partial charge in [-0.15, -0.1) is 0 Å². The molecule has 0 aromatic heterocycles. The summed E-state index contributed by atoms with van der Waals surface area (Å²) < 4.78 is 18.4. The molecule has 5 heteroatoms. The van der Waals surface area contributed by atoms with Crippen molar-refractivity contribution in [1.82, 2.24) is 0 Å². The van der Waals surface area contributed by atoms with E-state index >= 15 is 0 Å². The van der Waals surface area contributed by atoms with Crippen molar-refractivity contribution in [1.29, 1.82) is 0 Å². The van der Waals surface area contributed by atoms with Crippen LogP contribution in [0.4, 0.5) is 10.1 Å². The molecule has 23 heavy (non-hydrogen) atoms. The molecule has 0 atom stereocenters. The van der Waals surface area contributed by atoms with E-state index in [4.69, 9.17) is 16.3 Å². The summed E-state index contributed by atoms with van der Waals surface area (Å²) >= 11 is 6.11. The third-order valence-corrected chi connectivity index (χ3v) is 3.95. The minimum absolute atomic E-state index is 0.122. The monoisotopic (exact) mass is 335 g/mol. The minimum Gasteiger partial charge on any atom is -0.494 e. The van der Waals surface area contributed by atoms with Crippen LogP contribution in [0.25, 0.3) is 0 Å². The first-order valence-electron chi connectivity index (χ1n) is 7.40. The number of carbonyl (C=O) groups is 1. The van der Waals surface area contributed by atoms with Crippen molar-refractivity contribution in [3.05, 3.63) is 58.4 Å². The number of amides is 1. The predicted octanol–water partition coefficient (Wildman–Crippen LogP) is 4.89. The highest BCUT2D eigenvalue weighted by Gasteiger charge is 2.05. The van der Waals surface area contributed by atoms with Crippen molar-refractivity contribution in [2.45, 2.75) is 26.7 Å². The van der Waals surface area contributed by atoms with E-state index in [9.17, 15) is 9.18 Å². The normalized spacial score (nSPS) is 10.4. The zero-order valence-electron chi connectivity index (χ0n) is 13.2. The fraction of sp³-hybridized carbons (Fsp3) is 0.278. The number of anilines is 1. The van der Waals surface area contributed by atoms with Crippen molar-refractivity contribution in [2.24, 2.45) is 0 Å². The number of benzene rings is 2. The second-order valence-corrected chi connectivity index (χ2v) is 5.76. The summed E-state index contributed by atoms with van der Waals surface area (Å²) in [5.74, 6) is 0.303. The van der Waals surface area contributed by atoms with Gasteiger partial charge in [-0.2, -0.15) is 0 Å². The molecule has 2 rings (SSSR count). The van der Waals surface area contributed by atoms with Gasteiger partial charge >= 0.3 is 0 Å². The van der Waals surface area contributed by atoms with Crippen LogP contribution in [0.5, 0.6) is 5.75 Å². The lowest BCUT2D eigenvalue weighted by Gasteiger charge is -2.10. The van der Waals surface area contributed by atoms with Crippen LogP contribution in [0.2, 0.25) is 5.02 Å². The van der Waals surface area contributed by atoms with E-state index in [0.29, 0.717) is 25.1 Å². The highest BCUT2D eigenvalue weighted by atomic mass is 35.5. The molecule has 0 fully saturated rings. The predicted molar refractivity (Wildman–Crippen MR) is 90.7 cm³/mol. The Kier molecular flexibility index (Phi) is 5.99. The number of hydrogen-bond donors (Lipinski definition) is 1. The molecule has 0 radical (unpaired) electrons. The smallest absolute Gasteiger partial charge is 0.224 e. The van der Waals surface area contributed by atoms with E-state index in [-0.39, 0.29) is 11.7 Å². The Morgan fingerprint density at radius 1 is 1.17 bits per heavy atom. The van der Waals surface area contributed by atoms with Crippen molar-refractivity contribution < 1.29 is 13.9 Å². The van der Waals surface area contributed by atoms with Gasteiger partial charge in [0, 0.05) is 17.1 Å². The molecule has 0 aliphatic carbocycles. The Bertz CT molecular complexity index is 663. The first-order chi connectivity index (χ1) is 11.0. The molecule has 0 saturated heterocycles. The molecule has 0 spiro atoms. The van der Waals surface area contributed by atoms with Crippen LogP contribution < -0.4 is 10.1 Å². The lowest BCUT2D eigenvalue weighted by atomic mass is 10.1. The van der Waals surface area contributed by atoms with Crippen molar-refractivity contribution in [2.75, 3.05) is 11.9 Å². The van der Waals surface area contributed by atoms with E-state index < -0.39 is 0 Å². The summed E-state index contributed by atoms with van der Waals surface area (Å²) in [6, 6.07) is 9.45. The largest absolute Gasteiger partial charge is 0.494 e. The quantitative estimate of drug-likeness (QED) is 0.763. The third kappa shape index (κ3) is 5.25. The van der Waals surface area contributed by atoms with Gasteiger partial charge in [0.2, 0.25) is 5.91 Å². The maximum absolute atomic E-state index is 12.8. The summed E-state index contributed by atoms with van der Waals surface area (Å²) in [5, 5.41) is 3.46. The number of halogens is 2. The maximum atomic E-state index is 12.8. The van der Waals surface area contributed by atoms with Crippen LogP contribution in [0.1, 0.15) is 24.0 Å². The summed E-state index contributed by atoms with van der Waals surface area (Å²) in [6.45, 7) is 4.30. The molecule has 0 saturated carbocycles. The lowest BCUT2D eigenvalue weighted by molar-refractivity contribution is -0.116. The SMILES string of the molecule is Cc1cc(OCCCC(=O)Nc2ccc(F)cc2)cc(C)c1Cl. The van der Waals surface area contributed by atoms with Crippen molar-refractivity contribution in [3.8, 4) is 5.75 Å². The Hall–Kier alpha value is -2.07. The van der Waals surface area contributed by atoms with Crippen LogP contribution in [-0.2, 0) is 4.79 Å². The lowest BCUT2D eigenvalue weighted by Crippen LogP contribution is -2.12. The molecule has 3 nitrogen and oxygen atoms in total. The van der Waals surface area contributed by atoms with Crippen LogP contribution in [0.15, 0.2) is 36.4 Å². The van der Waals surface area contributed by atoms with Gasteiger partial charge in [0.15, 0.2) is 0 Å². The first kappa shape index (κ1) is 17.3. The van der Waals surface area contributed by atoms with Gasteiger partial charge in [0.1, 0.15) is 11.6 Å². The van der Waals surface area contributed by atoms with Gasteiger partial charge in [-0.05, 0) is 67.8 Å². The fourth-order valence-electron chi connectivity index (χ4n) is 2.17. The molecule has 2 aromatic rings. The van der Waals surface area contributed by atoms with E-state index in [1.165, 1.54) is 24.3 Å². The molecule has 1 N–H and O–H groups in total. The molecule has 0 aliphatic heterocycles. The highest BCUT2D eigenvalue weighted by Crippen LogP contribution is 2.25. The third-order valence-electron chi connectivity index (χ3n) is 3.35. The van der Waals surface area contributed by atoms with Crippen molar-refractivity contribution >= 4 is 23.2 Å². The molecular weight excluding hydrogens is 317 g/mol. The highest BCUT2D eigenvalue weighted by molar-refractivity contribution is 6.32. The van der Waals surface area contributed by atoms with Crippen LogP contribution >= 0.6 is 11.6 Å². The van der Waals surface area contributed by atoms with Gasteiger partial charge in [0.05, 0.1) is 6.61 Å². The standard InChI is InChI=1S/C18H19ClFNO2/c1-12-10-16(11-13(2)18(12)19)23-9-3-4-17(22)21-15-7-5-14(20)6-8-15/h5-8,10-11H,3-4,9H2,1-2H3,(H,21,22). The van der Waals surface area contributed by atoms with Gasteiger partial charge < -0.3 is 10.1 Å². The van der Waals surface area contributed by atoms with Crippen LogP contribution in [0.3, 0.4) is 0 Å². The van der Waals surface area contributed by atoms with E-state index in [2.05, 4.69) is 5.32 Å². The zero-order chi connectivity index (χ0) is 16.8. The number of hydrogen-bond acceptors (Lipinski definition) is 2. The summed E-state index contributed by atoms with van der Waals surface area (Å²) in [4.78, 5) is 11.8. The number of ether oxygens (including phenoxy) is 1. The van der Waals surface area contributed by atoms with Gasteiger partial charge in [-0.25, -0.2) is 4.39 Å². The second kappa shape index (κ2) is 7.97. The average Bonchev–Trinajstić information content (AvgIpc) is 2.51. The molecule has 0 aliphatic rings. The molecule has 0 unspecified atom stereocenters. The topological polar surface area (TPSA) is 38.3 Å². The van der Waals surface area contributed by atoms with E-state index in [1.54, 1.807) is 0 Å². The Morgan fingerprint density at radius 3 is 2.39 bits per heavy atom. The summed E-state index contributed by atoms with van der Waals surface area (Å²) in [7, 11) is 0. The molecule has 1 amide bonds. The Labute approximate surface area is 140 Å². The van der Waals surface area contributed by atoms with Gasteiger partial charge in [-0.3, -0.25) is 4.79 Å². The van der Waals surface area contributed by atoms with Crippen LogP contribution in [0, 0.1) is 19.7 Å². The van der Waals surface area contributed by atoms with E-state index in [0.717, 1.165) is 21.9 Å². The number of aryl methyl sites for hydroxylation is 2. The number of nitrogens with one attached hydrogen (secondary N) is 1. The molecule has 2 aromatic carbocycles. The van der Waals surface area contributed by atoms with Crippen LogP contribution in [-0.4, -0.2) is 12.5 Å². The summed E-state index contributed by atoms with van der Waals surface area (Å²) in [5.41, 5.74) is 2.52. The minimum atomic E-state index is -0.329. The van der Waals surface area contributed by atoms with Crippen molar-refractivity contribution in [3.63, 3.8) is 0 Å². The molecule has 0 bridgehead atoms. The van der Waals surface area contributed by atoms with Gasteiger partial charge in [-0.1, -0.05) is 11.6 Å². The average molecular weight is 336 g/mol. The number of carbonyl (C=O) groups excluding carboxylic acids is 1. The number of rotatable bonds is 6. The molecule has 122 valence electrons. The Balaban J connectivity index is 1.74. The van der Waals surface area contributed by atoms with E-state index in [1.807, 2.05) is 26.0 Å². The Morgan fingerprint density at radius 2 is 1.78 bits per heavy atom. The molecular formula is C18H19ClFNO2. The zero-order valence-corrected chi connectivity index (χ0v) is 13.9. The maximum Gasteiger partial charge on any atom is 0.224 e. The second-order valence-electron chi connectivity index (χ2n) is 5.38. The fourth-order valence-corrected chi connectivity index (χ4v) is 2.28. The van der Waals surface area contributed by atoms with Gasteiger partial charge in [0.25, 0.3) is 0 Å². The molecule has 0 heterocycles. The first-order valence-corrected chi connectivity index (χ1v) is 7.78. The summed E-state index contributed by atoms with van der Waals surface area (Å²) in [6.07, 6.45) is 0.927.